The van der Waals surface area contributed by atoms with Crippen LogP contribution in [0.4, 0.5) is 0 Å². The Morgan fingerprint density at radius 1 is 1.29 bits per heavy atom. The standard InChI is InChI=1S/C14H30N2O/c1-4-13-5-8-16(9-6-13)10-7-14(11-17)15-12(2)3/h12-15,17H,4-11H2,1-3H3. The Balaban J connectivity index is 2.17. The summed E-state index contributed by atoms with van der Waals surface area (Å²) in [5, 5.41) is 12.7. The Kier molecular flexibility index (Phi) is 7.09. The van der Waals surface area contributed by atoms with Crippen molar-refractivity contribution in [1.29, 1.82) is 0 Å². The molecule has 17 heavy (non-hydrogen) atoms. The number of hydrogen-bond donors (Lipinski definition) is 2. The topological polar surface area (TPSA) is 35.5 Å². The Hall–Kier alpha value is -0.120. The fourth-order valence-electron chi connectivity index (χ4n) is 2.66. The molecule has 2 N–H and O–H groups in total. The normalized spacial score (nSPS) is 21.0. The molecular weight excluding hydrogens is 212 g/mol. The molecule has 0 aromatic rings. The van der Waals surface area contributed by atoms with Crippen molar-refractivity contribution in [2.45, 2.75) is 58.5 Å². The molecule has 1 unspecified atom stereocenters. The van der Waals surface area contributed by atoms with E-state index in [9.17, 15) is 5.11 Å². The van der Waals surface area contributed by atoms with E-state index in [-0.39, 0.29) is 12.6 Å². The Labute approximate surface area is 107 Å². The van der Waals surface area contributed by atoms with Crippen LogP contribution in [0.5, 0.6) is 0 Å². The molecule has 0 aromatic carbocycles. The average molecular weight is 242 g/mol. The van der Waals surface area contributed by atoms with Gasteiger partial charge in [0.2, 0.25) is 0 Å². The van der Waals surface area contributed by atoms with Gasteiger partial charge in [-0.2, -0.15) is 0 Å². The fraction of sp³-hybridized carbons (Fsp3) is 1.00. The first kappa shape index (κ1) is 14.9. The van der Waals surface area contributed by atoms with Gasteiger partial charge in [0.05, 0.1) is 6.61 Å². The molecular formula is C14H30N2O. The summed E-state index contributed by atoms with van der Waals surface area (Å²) >= 11 is 0. The molecule has 1 saturated heterocycles. The fourth-order valence-corrected chi connectivity index (χ4v) is 2.66. The van der Waals surface area contributed by atoms with Gasteiger partial charge in [-0.3, -0.25) is 0 Å². The Morgan fingerprint density at radius 2 is 1.94 bits per heavy atom. The number of rotatable bonds is 7. The third-order valence-corrected chi connectivity index (χ3v) is 3.87. The van der Waals surface area contributed by atoms with Crippen molar-refractivity contribution in [3.8, 4) is 0 Å². The van der Waals surface area contributed by atoms with E-state index >= 15 is 0 Å². The summed E-state index contributed by atoms with van der Waals surface area (Å²) in [7, 11) is 0. The Bertz CT molecular complexity index is 189. The second-order valence-corrected chi connectivity index (χ2v) is 5.68. The van der Waals surface area contributed by atoms with Crippen molar-refractivity contribution in [2.75, 3.05) is 26.2 Å². The first-order valence-corrected chi connectivity index (χ1v) is 7.25. The average Bonchev–Trinajstić information content (AvgIpc) is 2.34. The molecule has 1 fully saturated rings. The molecule has 0 bridgehead atoms. The number of hydrogen-bond acceptors (Lipinski definition) is 3. The summed E-state index contributed by atoms with van der Waals surface area (Å²) in [5.74, 6) is 0.952. The van der Waals surface area contributed by atoms with Gasteiger partial charge in [-0.15, -0.1) is 0 Å². The number of piperidine rings is 1. The van der Waals surface area contributed by atoms with Crippen molar-refractivity contribution in [3.05, 3.63) is 0 Å². The van der Waals surface area contributed by atoms with Gasteiger partial charge in [-0.25, -0.2) is 0 Å². The molecule has 3 heteroatoms. The van der Waals surface area contributed by atoms with Crippen LogP contribution in [0.15, 0.2) is 0 Å². The number of nitrogens with zero attached hydrogens (tertiary/aromatic N) is 1. The highest BCUT2D eigenvalue weighted by molar-refractivity contribution is 4.75. The molecule has 3 nitrogen and oxygen atoms in total. The van der Waals surface area contributed by atoms with Gasteiger partial charge < -0.3 is 15.3 Å². The van der Waals surface area contributed by atoms with Crippen molar-refractivity contribution in [2.24, 2.45) is 5.92 Å². The zero-order chi connectivity index (χ0) is 12.7. The van der Waals surface area contributed by atoms with Crippen LogP contribution in [0, 0.1) is 5.92 Å². The summed E-state index contributed by atoms with van der Waals surface area (Å²) in [6, 6.07) is 0.719. The molecule has 1 rings (SSSR count). The maximum atomic E-state index is 9.30. The predicted molar refractivity (Wildman–Crippen MR) is 73.2 cm³/mol. The zero-order valence-corrected chi connectivity index (χ0v) is 11.8. The minimum Gasteiger partial charge on any atom is -0.395 e. The van der Waals surface area contributed by atoms with Crippen LogP contribution in [-0.2, 0) is 0 Å². The summed E-state index contributed by atoms with van der Waals surface area (Å²) in [4.78, 5) is 2.55. The van der Waals surface area contributed by atoms with Crippen molar-refractivity contribution >= 4 is 0 Å². The number of nitrogens with one attached hydrogen (secondary N) is 1. The van der Waals surface area contributed by atoms with Crippen LogP contribution < -0.4 is 5.32 Å². The van der Waals surface area contributed by atoms with Crippen LogP contribution in [-0.4, -0.2) is 48.3 Å². The lowest BCUT2D eigenvalue weighted by Gasteiger charge is -2.32. The van der Waals surface area contributed by atoms with Crippen LogP contribution >= 0.6 is 0 Å². The van der Waals surface area contributed by atoms with Crippen LogP contribution in [0.3, 0.4) is 0 Å². The van der Waals surface area contributed by atoms with Crippen molar-refractivity contribution in [1.82, 2.24) is 10.2 Å². The maximum absolute atomic E-state index is 9.30. The third-order valence-electron chi connectivity index (χ3n) is 3.87. The molecule has 0 spiro atoms. The first-order valence-electron chi connectivity index (χ1n) is 7.25. The monoisotopic (exact) mass is 242 g/mol. The van der Waals surface area contributed by atoms with E-state index in [1.807, 2.05) is 0 Å². The molecule has 0 aliphatic carbocycles. The molecule has 1 aliphatic heterocycles. The van der Waals surface area contributed by atoms with Crippen molar-refractivity contribution < 1.29 is 5.11 Å². The van der Waals surface area contributed by atoms with E-state index in [0.717, 1.165) is 18.9 Å². The van der Waals surface area contributed by atoms with Gasteiger partial charge in [0.15, 0.2) is 0 Å². The minimum absolute atomic E-state index is 0.254. The van der Waals surface area contributed by atoms with E-state index in [1.165, 1.54) is 32.4 Å². The van der Waals surface area contributed by atoms with E-state index in [2.05, 4.69) is 31.0 Å². The highest BCUT2D eigenvalue weighted by Crippen LogP contribution is 2.19. The smallest absolute Gasteiger partial charge is 0.0585 e. The largest absolute Gasteiger partial charge is 0.395 e. The summed E-state index contributed by atoms with van der Waals surface area (Å²) < 4.78 is 0. The summed E-state index contributed by atoms with van der Waals surface area (Å²) in [5.41, 5.74) is 0. The Morgan fingerprint density at radius 3 is 2.41 bits per heavy atom. The maximum Gasteiger partial charge on any atom is 0.0585 e. The van der Waals surface area contributed by atoms with Gasteiger partial charge >= 0.3 is 0 Å². The molecule has 0 amide bonds. The number of aliphatic hydroxyl groups excluding tert-OH is 1. The van der Waals surface area contributed by atoms with E-state index in [1.54, 1.807) is 0 Å². The van der Waals surface area contributed by atoms with E-state index in [4.69, 9.17) is 0 Å². The lowest BCUT2D eigenvalue weighted by molar-refractivity contribution is 0.159. The number of likely N-dealkylation sites (tertiary alicyclic amines) is 1. The molecule has 0 radical (unpaired) electrons. The summed E-state index contributed by atoms with van der Waals surface area (Å²) in [6.07, 6.45) is 5.11. The molecule has 0 saturated carbocycles. The lowest BCUT2D eigenvalue weighted by Crippen LogP contribution is -2.42. The molecule has 1 heterocycles. The van der Waals surface area contributed by atoms with Crippen molar-refractivity contribution in [3.63, 3.8) is 0 Å². The molecule has 102 valence electrons. The summed E-state index contributed by atoms with van der Waals surface area (Å²) in [6.45, 7) is 10.4. The zero-order valence-electron chi connectivity index (χ0n) is 11.8. The van der Waals surface area contributed by atoms with Gasteiger partial charge in [-0.05, 0) is 44.8 Å². The minimum atomic E-state index is 0.254. The number of aliphatic hydroxyl groups is 1. The second kappa shape index (κ2) is 8.06. The quantitative estimate of drug-likeness (QED) is 0.715. The van der Waals surface area contributed by atoms with Gasteiger partial charge in [-0.1, -0.05) is 27.2 Å². The van der Waals surface area contributed by atoms with Gasteiger partial charge in [0.25, 0.3) is 0 Å². The third kappa shape index (κ3) is 5.84. The lowest BCUT2D eigenvalue weighted by atomic mass is 9.94. The molecule has 1 atom stereocenters. The van der Waals surface area contributed by atoms with E-state index in [0.29, 0.717) is 6.04 Å². The highest BCUT2D eigenvalue weighted by Gasteiger charge is 2.18. The van der Waals surface area contributed by atoms with Crippen LogP contribution in [0.2, 0.25) is 0 Å². The second-order valence-electron chi connectivity index (χ2n) is 5.68. The highest BCUT2D eigenvalue weighted by atomic mass is 16.3. The van der Waals surface area contributed by atoms with Gasteiger partial charge in [0, 0.05) is 12.1 Å². The predicted octanol–water partition coefficient (Wildman–Crippen LogP) is 1.86. The SMILES string of the molecule is CCC1CCN(CCC(CO)NC(C)C)CC1. The van der Waals surface area contributed by atoms with Crippen LogP contribution in [0.1, 0.15) is 46.5 Å². The van der Waals surface area contributed by atoms with Crippen LogP contribution in [0.25, 0.3) is 0 Å². The van der Waals surface area contributed by atoms with E-state index < -0.39 is 0 Å². The first-order chi connectivity index (χ1) is 8.15. The van der Waals surface area contributed by atoms with Gasteiger partial charge in [0.1, 0.15) is 0 Å². The molecule has 1 aliphatic rings. The molecule has 0 aromatic heterocycles.